The molecule has 0 fully saturated rings. The first-order valence-electron chi connectivity index (χ1n) is 4.48. The molecule has 1 aromatic heterocycles. The van der Waals surface area contributed by atoms with E-state index in [1.54, 1.807) is 6.20 Å². The number of oxazole rings is 1. The largest absolute Gasteiger partial charge is 0.447 e. The second kappa shape index (κ2) is 4.23. The molecule has 0 aliphatic carbocycles. The molecule has 0 aromatic carbocycles. The summed E-state index contributed by atoms with van der Waals surface area (Å²) in [5, 5.41) is 0. The Morgan fingerprint density at radius 2 is 2.21 bits per heavy atom. The van der Waals surface area contributed by atoms with Gasteiger partial charge in [-0.25, -0.2) is 13.9 Å². The highest BCUT2D eigenvalue weighted by atomic mass is 32.2. The number of aromatic nitrogens is 1. The van der Waals surface area contributed by atoms with Crippen LogP contribution in [-0.2, 0) is 11.0 Å². The third-order valence-electron chi connectivity index (χ3n) is 1.66. The van der Waals surface area contributed by atoms with Gasteiger partial charge in [0.25, 0.3) is 0 Å². The summed E-state index contributed by atoms with van der Waals surface area (Å²) in [4.78, 5) is 3.99. The van der Waals surface area contributed by atoms with Gasteiger partial charge in [0.1, 0.15) is 6.26 Å². The van der Waals surface area contributed by atoms with Gasteiger partial charge in [-0.2, -0.15) is 0 Å². The van der Waals surface area contributed by atoms with Gasteiger partial charge in [-0.3, -0.25) is 0 Å². The molecule has 0 radical (unpaired) electrons. The Morgan fingerprint density at radius 1 is 1.57 bits per heavy atom. The van der Waals surface area contributed by atoms with Crippen molar-refractivity contribution in [3.63, 3.8) is 0 Å². The molecule has 0 aliphatic rings. The fourth-order valence-electron chi connectivity index (χ4n) is 0.836. The van der Waals surface area contributed by atoms with Gasteiger partial charge in [0.2, 0.25) is 5.89 Å². The summed E-state index contributed by atoms with van der Waals surface area (Å²) in [5.41, 5.74) is 0. The molecule has 1 N–H and O–H groups in total. The molecule has 0 saturated carbocycles. The first-order valence-corrected chi connectivity index (χ1v) is 5.63. The van der Waals surface area contributed by atoms with E-state index in [0.29, 0.717) is 5.89 Å². The van der Waals surface area contributed by atoms with Crippen LogP contribution >= 0.6 is 0 Å². The van der Waals surface area contributed by atoms with Crippen LogP contribution < -0.4 is 4.72 Å². The molecule has 0 bridgehead atoms. The molecule has 5 heteroatoms. The maximum Gasteiger partial charge on any atom is 0.211 e. The number of hydrogen-bond acceptors (Lipinski definition) is 3. The topological polar surface area (TPSA) is 55.1 Å². The van der Waals surface area contributed by atoms with Gasteiger partial charge < -0.3 is 4.42 Å². The van der Waals surface area contributed by atoms with Crippen LogP contribution in [0.4, 0.5) is 0 Å². The SMILES string of the molecule is CC(NS(=O)C(C)(C)C)c1ncco1. The summed E-state index contributed by atoms with van der Waals surface area (Å²) < 4.78 is 19.5. The monoisotopic (exact) mass is 216 g/mol. The third kappa shape index (κ3) is 2.92. The van der Waals surface area contributed by atoms with Crippen molar-refractivity contribution in [2.24, 2.45) is 0 Å². The van der Waals surface area contributed by atoms with Crippen molar-refractivity contribution in [1.82, 2.24) is 9.71 Å². The smallest absolute Gasteiger partial charge is 0.211 e. The molecule has 4 nitrogen and oxygen atoms in total. The maximum absolute atomic E-state index is 11.7. The lowest BCUT2D eigenvalue weighted by molar-refractivity contribution is 0.448. The maximum atomic E-state index is 11.7. The highest BCUT2D eigenvalue weighted by Gasteiger charge is 2.22. The average molecular weight is 216 g/mol. The van der Waals surface area contributed by atoms with E-state index >= 15 is 0 Å². The summed E-state index contributed by atoms with van der Waals surface area (Å²) in [6.07, 6.45) is 3.08. The molecule has 80 valence electrons. The molecular weight excluding hydrogens is 200 g/mol. The molecule has 1 heterocycles. The van der Waals surface area contributed by atoms with Crippen molar-refractivity contribution in [2.45, 2.75) is 38.5 Å². The normalized spacial score (nSPS) is 16.6. The Labute approximate surface area is 86.7 Å². The van der Waals surface area contributed by atoms with E-state index in [1.807, 2.05) is 27.7 Å². The fraction of sp³-hybridized carbons (Fsp3) is 0.667. The van der Waals surface area contributed by atoms with Gasteiger partial charge in [-0.05, 0) is 27.7 Å². The van der Waals surface area contributed by atoms with Gasteiger partial charge in [-0.15, -0.1) is 0 Å². The van der Waals surface area contributed by atoms with Crippen LogP contribution in [0.1, 0.15) is 39.6 Å². The van der Waals surface area contributed by atoms with E-state index in [2.05, 4.69) is 9.71 Å². The number of rotatable bonds is 3. The minimum atomic E-state index is -1.10. The van der Waals surface area contributed by atoms with Crippen molar-refractivity contribution in [3.8, 4) is 0 Å². The molecule has 0 amide bonds. The van der Waals surface area contributed by atoms with E-state index in [1.165, 1.54) is 6.26 Å². The van der Waals surface area contributed by atoms with Crippen LogP contribution in [0.5, 0.6) is 0 Å². The Morgan fingerprint density at radius 3 is 2.64 bits per heavy atom. The van der Waals surface area contributed by atoms with Crippen molar-refractivity contribution in [2.75, 3.05) is 0 Å². The summed E-state index contributed by atoms with van der Waals surface area (Å²) in [7, 11) is -1.10. The van der Waals surface area contributed by atoms with Crippen LogP contribution in [0.15, 0.2) is 16.9 Å². The Kier molecular flexibility index (Phi) is 3.44. The van der Waals surface area contributed by atoms with Crippen LogP contribution in [0, 0.1) is 0 Å². The van der Waals surface area contributed by atoms with E-state index in [4.69, 9.17) is 4.42 Å². The summed E-state index contributed by atoms with van der Waals surface area (Å²) in [6.45, 7) is 7.62. The predicted octanol–water partition coefficient (Wildman–Crippen LogP) is 1.79. The summed E-state index contributed by atoms with van der Waals surface area (Å²) in [5.74, 6) is 0.558. The van der Waals surface area contributed by atoms with Crippen LogP contribution in [0.3, 0.4) is 0 Å². The van der Waals surface area contributed by atoms with Gasteiger partial charge in [0, 0.05) is 0 Å². The fourth-order valence-corrected chi connectivity index (χ4v) is 1.61. The van der Waals surface area contributed by atoms with E-state index in [9.17, 15) is 4.21 Å². The predicted molar refractivity (Wildman–Crippen MR) is 55.9 cm³/mol. The Balaban J connectivity index is 2.58. The first-order chi connectivity index (χ1) is 6.41. The van der Waals surface area contributed by atoms with Gasteiger partial charge in [-0.1, -0.05) is 0 Å². The lowest BCUT2D eigenvalue weighted by Gasteiger charge is -2.20. The zero-order valence-electron chi connectivity index (χ0n) is 8.90. The summed E-state index contributed by atoms with van der Waals surface area (Å²) in [6, 6.07) is -0.134. The molecule has 2 unspecified atom stereocenters. The molecule has 0 saturated heterocycles. The third-order valence-corrected chi connectivity index (χ3v) is 3.34. The van der Waals surface area contributed by atoms with E-state index in [-0.39, 0.29) is 10.8 Å². The van der Waals surface area contributed by atoms with Crippen molar-refractivity contribution in [3.05, 3.63) is 18.4 Å². The molecular formula is C9H16N2O2S. The number of nitrogens with one attached hydrogen (secondary N) is 1. The minimum Gasteiger partial charge on any atom is -0.447 e. The second-order valence-electron chi connectivity index (χ2n) is 4.09. The molecule has 1 rings (SSSR count). The highest BCUT2D eigenvalue weighted by molar-refractivity contribution is 7.84. The molecule has 1 aromatic rings. The number of hydrogen-bond donors (Lipinski definition) is 1. The molecule has 0 aliphatic heterocycles. The van der Waals surface area contributed by atoms with Gasteiger partial charge in [0.15, 0.2) is 0 Å². The minimum absolute atomic E-state index is 0.134. The van der Waals surface area contributed by atoms with E-state index < -0.39 is 11.0 Å². The Bertz CT molecular complexity index is 303. The van der Waals surface area contributed by atoms with Crippen LogP contribution in [0.25, 0.3) is 0 Å². The zero-order chi connectivity index (χ0) is 10.8. The second-order valence-corrected chi connectivity index (χ2v) is 6.09. The standard InChI is InChI=1S/C9H16N2O2S/c1-7(8-10-5-6-13-8)11-14(12)9(2,3)4/h5-7,11H,1-4H3. The zero-order valence-corrected chi connectivity index (χ0v) is 9.72. The van der Waals surface area contributed by atoms with Crippen molar-refractivity contribution >= 4 is 11.0 Å². The van der Waals surface area contributed by atoms with Crippen LogP contribution in [-0.4, -0.2) is 13.9 Å². The highest BCUT2D eigenvalue weighted by Crippen LogP contribution is 2.15. The molecule has 14 heavy (non-hydrogen) atoms. The Hall–Kier alpha value is -0.680. The van der Waals surface area contributed by atoms with Gasteiger partial charge >= 0.3 is 0 Å². The van der Waals surface area contributed by atoms with Gasteiger partial charge in [0.05, 0.1) is 28.0 Å². The average Bonchev–Trinajstić information content (AvgIpc) is 2.53. The first kappa shape index (κ1) is 11.4. The van der Waals surface area contributed by atoms with E-state index in [0.717, 1.165) is 0 Å². The summed E-state index contributed by atoms with van der Waals surface area (Å²) >= 11 is 0. The van der Waals surface area contributed by atoms with Crippen molar-refractivity contribution in [1.29, 1.82) is 0 Å². The molecule has 2 atom stereocenters. The van der Waals surface area contributed by atoms with Crippen molar-refractivity contribution < 1.29 is 8.63 Å². The lowest BCUT2D eigenvalue weighted by Crippen LogP contribution is -2.34. The lowest BCUT2D eigenvalue weighted by atomic mass is 10.3. The van der Waals surface area contributed by atoms with Crippen LogP contribution in [0.2, 0.25) is 0 Å². The molecule has 0 spiro atoms. The number of nitrogens with zero attached hydrogens (tertiary/aromatic N) is 1. The quantitative estimate of drug-likeness (QED) is 0.838.